The van der Waals surface area contributed by atoms with Gasteiger partial charge in [0.05, 0.1) is 11.6 Å². The fourth-order valence-electron chi connectivity index (χ4n) is 2.48. The van der Waals surface area contributed by atoms with E-state index in [4.69, 9.17) is 0 Å². The first-order valence-electron chi connectivity index (χ1n) is 7.19. The molecule has 0 bridgehead atoms. The van der Waals surface area contributed by atoms with Crippen molar-refractivity contribution in [1.82, 2.24) is 4.98 Å². The first-order chi connectivity index (χ1) is 9.86. The zero-order valence-corrected chi connectivity index (χ0v) is 13.7. The van der Waals surface area contributed by atoms with Gasteiger partial charge in [-0.3, -0.25) is 9.79 Å². The van der Waals surface area contributed by atoms with Gasteiger partial charge in [-0.15, -0.1) is 11.8 Å². The number of carbonyl (C=O) groups is 1. The average Bonchev–Trinajstić information content (AvgIpc) is 3.03. The normalized spacial score (nSPS) is 19.0. The molecule has 1 aromatic heterocycles. The molecule has 2 heterocycles. The maximum Gasteiger partial charge on any atom is 0.219 e. The minimum absolute atomic E-state index is 0.0434. The van der Waals surface area contributed by atoms with Gasteiger partial charge in [-0.1, -0.05) is 32.9 Å². The number of hydrogen-bond acceptors (Lipinski definition) is 3. The van der Waals surface area contributed by atoms with E-state index in [1.54, 1.807) is 18.0 Å². The van der Waals surface area contributed by atoms with Crippen LogP contribution in [0, 0.1) is 12.3 Å². The number of aromatic nitrogens is 1. The quantitative estimate of drug-likeness (QED) is 0.844. The van der Waals surface area contributed by atoms with E-state index in [9.17, 15) is 4.79 Å². The molecule has 0 fully saturated rings. The van der Waals surface area contributed by atoms with E-state index in [0.29, 0.717) is 5.04 Å². The summed E-state index contributed by atoms with van der Waals surface area (Å²) in [6, 6.07) is 6.33. The number of thioether (sulfide) groups is 1. The average molecular weight is 300 g/mol. The van der Waals surface area contributed by atoms with Crippen molar-refractivity contribution in [3.05, 3.63) is 35.5 Å². The number of aromatic amines is 1. The van der Waals surface area contributed by atoms with Gasteiger partial charge in [0, 0.05) is 22.9 Å². The van der Waals surface area contributed by atoms with Crippen LogP contribution in [-0.2, 0) is 0 Å². The van der Waals surface area contributed by atoms with Gasteiger partial charge >= 0.3 is 0 Å². The van der Waals surface area contributed by atoms with Crippen LogP contribution in [0.2, 0.25) is 0 Å². The Hall–Kier alpha value is -1.55. The molecule has 1 aliphatic heterocycles. The Morgan fingerprint density at radius 1 is 1.38 bits per heavy atom. The molecule has 0 aliphatic carbocycles. The van der Waals surface area contributed by atoms with Crippen molar-refractivity contribution >= 4 is 33.5 Å². The van der Waals surface area contributed by atoms with Gasteiger partial charge in [-0.05, 0) is 24.0 Å². The van der Waals surface area contributed by atoms with Gasteiger partial charge in [0.2, 0.25) is 5.78 Å². The SMILES string of the molecule is Cc1ccc2c(C(=O)C3=NC(C(C)(C)C)CS3)c[nH]c2c1. The molecular formula is C17H20N2OS. The fourth-order valence-corrected chi connectivity index (χ4v) is 3.82. The van der Waals surface area contributed by atoms with Crippen LogP contribution in [0.3, 0.4) is 0 Å². The second kappa shape index (κ2) is 5.02. The van der Waals surface area contributed by atoms with E-state index < -0.39 is 0 Å². The monoisotopic (exact) mass is 300 g/mol. The lowest BCUT2D eigenvalue weighted by Crippen LogP contribution is -2.24. The smallest absolute Gasteiger partial charge is 0.219 e. The van der Waals surface area contributed by atoms with Crippen LogP contribution in [0.4, 0.5) is 0 Å². The number of aliphatic imine (C=N–C) groups is 1. The Balaban J connectivity index is 1.95. The lowest BCUT2D eigenvalue weighted by atomic mass is 9.88. The molecule has 3 nitrogen and oxygen atoms in total. The first kappa shape index (κ1) is 14.4. The van der Waals surface area contributed by atoms with Crippen LogP contribution in [0.1, 0.15) is 36.7 Å². The largest absolute Gasteiger partial charge is 0.360 e. The standard InChI is InChI=1S/C17H20N2OS/c1-10-5-6-11-12(8-18-13(11)7-10)15(20)16-19-14(9-21-16)17(2,3)4/h5-8,14,18H,9H2,1-4H3. The zero-order valence-electron chi connectivity index (χ0n) is 12.9. The molecule has 3 rings (SSSR count). The number of aryl methyl sites for hydroxylation is 1. The lowest BCUT2D eigenvalue weighted by molar-refractivity contribution is 0.107. The summed E-state index contributed by atoms with van der Waals surface area (Å²) in [6.45, 7) is 8.56. The van der Waals surface area contributed by atoms with Crippen LogP contribution >= 0.6 is 11.8 Å². The third-order valence-corrected chi connectivity index (χ3v) is 4.97. The van der Waals surface area contributed by atoms with E-state index in [1.807, 2.05) is 19.1 Å². The van der Waals surface area contributed by atoms with E-state index in [-0.39, 0.29) is 17.2 Å². The van der Waals surface area contributed by atoms with Gasteiger partial charge in [-0.2, -0.15) is 0 Å². The Morgan fingerprint density at radius 3 is 2.81 bits per heavy atom. The molecule has 0 amide bonds. The minimum Gasteiger partial charge on any atom is -0.360 e. The van der Waals surface area contributed by atoms with E-state index >= 15 is 0 Å². The number of ketones is 1. The van der Waals surface area contributed by atoms with Crippen LogP contribution in [0.5, 0.6) is 0 Å². The molecule has 0 saturated carbocycles. The Kier molecular flexibility index (Phi) is 3.44. The zero-order chi connectivity index (χ0) is 15.2. The summed E-state index contributed by atoms with van der Waals surface area (Å²) >= 11 is 1.58. The number of hydrogen-bond donors (Lipinski definition) is 1. The molecule has 0 radical (unpaired) electrons. The predicted octanol–water partition coefficient (Wildman–Crippen LogP) is 4.22. The van der Waals surface area contributed by atoms with Crippen molar-refractivity contribution in [2.45, 2.75) is 33.7 Å². The second-order valence-corrected chi connectivity index (χ2v) is 7.72. The summed E-state index contributed by atoms with van der Waals surface area (Å²) in [5, 5.41) is 1.63. The molecule has 110 valence electrons. The van der Waals surface area contributed by atoms with Crippen molar-refractivity contribution in [2.24, 2.45) is 10.4 Å². The highest BCUT2D eigenvalue weighted by molar-refractivity contribution is 8.16. The highest BCUT2D eigenvalue weighted by Crippen LogP contribution is 2.33. The molecule has 1 unspecified atom stereocenters. The summed E-state index contributed by atoms with van der Waals surface area (Å²) in [4.78, 5) is 20.6. The van der Waals surface area contributed by atoms with Crippen LogP contribution in [0.25, 0.3) is 10.9 Å². The second-order valence-electron chi connectivity index (χ2n) is 6.71. The number of carbonyl (C=O) groups excluding carboxylic acids is 1. The molecule has 1 aromatic carbocycles. The molecule has 0 spiro atoms. The predicted molar refractivity (Wildman–Crippen MR) is 90.5 cm³/mol. The topological polar surface area (TPSA) is 45.2 Å². The number of nitrogens with one attached hydrogen (secondary N) is 1. The maximum absolute atomic E-state index is 12.7. The van der Waals surface area contributed by atoms with Crippen LogP contribution < -0.4 is 0 Å². The van der Waals surface area contributed by atoms with E-state index in [2.05, 4.69) is 36.8 Å². The Labute approximate surface area is 129 Å². The summed E-state index contributed by atoms with van der Waals surface area (Å²) in [6.07, 6.45) is 1.81. The van der Waals surface area contributed by atoms with Crippen molar-refractivity contribution in [2.75, 3.05) is 5.75 Å². The maximum atomic E-state index is 12.7. The highest BCUT2D eigenvalue weighted by atomic mass is 32.2. The molecule has 4 heteroatoms. The van der Waals surface area contributed by atoms with Crippen molar-refractivity contribution in [1.29, 1.82) is 0 Å². The molecule has 0 saturated heterocycles. The summed E-state index contributed by atoms with van der Waals surface area (Å²) < 4.78 is 0. The number of fused-ring (bicyclic) bond motifs is 1. The van der Waals surface area contributed by atoms with Gasteiger partial charge in [0.15, 0.2) is 0 Å². The number of Topliss-reactive ketones (excluding diaryl/α,β-unsaturated/α-hetero) is 1. The Bertz CT molecular complexity index is 737. The van der Waals surface area contributed by atoms with Crippen molar-refractivity contribution in [3.8, 4) is 0 Å². The fraction of sp³-hybridized carbons (Fsp3) is 0.412. The van der Waals surface area contributed by atoms with E-state index in [0.717, 1.165) is 22.2 Å². The summed E-state index contributed by atoms with van der Waals surface area (Å²) in [7, 11) is 0. The molecule has 21 heavy (non-hydrogen) atoms. The van der Waals surface area contributed by atoms with Crippen LogP contribution in [0.15, 0.2) is 29.4 Å². The lowest BCUT2D eigenvalue weighted by Gasteiger charge is -2.23. The van der Waals surface area contributed by atoms with Crippen molar-refractivity contribution in [3.63, 3.8) is 0 Å². The van der Waals surface area contributed by atoms with Gasteiger partial charge in [0.1, 0.15) is 5.04 Å². The third-order valence-electron chi connectivity index (χ3n) is 3.93. The molecule has 1 N–H and O–H groups in total. The first-order valence-corrected chi connectivity index (χ1v) is 8.18. The van der Waals surface area contributed by atoms with Gasteiger partial charge in [-0.25, -0.2) is 0 Å². The molecule has 1 atom stereocenters. The van der Waals surface area contributed by atoms with Gasteiger partial charge < -0.3 is 4.98 Å². The summed E-state index contributed by atoms with van der Waals surface area (Å²) in [5.41, 5.74) is 3.02. The molecular weight excluding hydrogens is 280 g/mol. The minimum atomic E-state index is 0.0434. The summed E-state index contributed by atoms with van der Waals surface area (Å²) in [5.74, 6) is 0.938. The number of H-pyrrole nitrogens is 1. The number of nitrogens with zero attached hydrogens (tertiary/aromatic N) is 1. The molecule has 2 aromatic rings. The number of benzene rings is 1. The van der Waals surface area contributed by atoms with Crippen LogP contribution in [-0.4, -0.2) is 27.6 Å². The highest BCUT2D eigenvalue weighted by Gasteiger charge is 2.32. The van der Waals surface area contributed by atoms with E-state index in [1.165, 1.54) is 5.56 Å². The number of rotatable bonds is 2. The Morgan fingerprint density at radius 2 is 2.14 bits per heavy atom. The molecule has 1 aliphatic rings. The van der Waals surface area contributed by atoms with Gasteiger partial charge in [0.25, 0.3) is 0 Å². The van der Waals surface area contributed by atoms with Crippen molar-refractivity contribution < 1.29 is 4.79 Å². The third kappa shape index (κ3) is 2.64.